The molecule has 230 valence electrons. The molecule has 4 aromatic rings. The Balaban J connectivity index is 0.00000506. The molecule has 0 fully saturated rings. The van der Waals surface area contributed by atoms with Crippen molar-refractivity contribution < 1.29 is 52.5 Å². The zero-order valence-electron chi connectivity index (χ0n) is 22.5. The quantitative estimate of drug-likeness (QED) is 0.129. The first-order valence-corrected chi connectivity index (χ1v) is 13.7. The maximum atomic E-state index is 13.3. The van der Waals surface area contributed by atoms with Gasteiger partial charge in [-0.2, -0.15) is 0 Å². The van der Waals surface area contributed by atoms with E-state index in [0.717, 1.165) is 29.5 Å². The molecule has 0 bridgehead atoms. The van der Waals surface area contributed by atoms with Gasteiger partial charge in [0.2, 0.25) is 0 Å². The number of esters is 1. The number of methoxy groups -OCH3 is 2. The highest BCUT2D eigenvalue weighted by Gasteiger charge is 2.31. The molecule has 2 aromatic carbocycles. The largest absolute Gasteiger partial charge is 0.870 e. The monoisotopic (exact) mass is 660 g/mol. The second-order valence-electron chi connectivity index (χ2n) is 8.69. The van der Waals surface area contributed by atoms with E-state index in [-0.39, 0.29) is 34.8 Å². The summed E-state index contributed by atoms with van der Waals surface area (Å²) < 4.78 is 58.2. The first-order chi connectivity index (χ1) is 20.0. The van der Waals surface area contributed by atoms with E-state index >= 15 is 0 Å². The molecule has 4 rings (SSSR count). The smallest absolute Gasteiger partial charge is 0.573 e. The summed E-state index contributed by atoms with van der Waals surface area (Å²) in [5.41, 5.74) is 1.20. The number of anilines is 1. The van der Waals surface area contributed by atoms with Crippen molar-refractivity contribution in [1.82, 2.24) is 0 Å². The topological polar surface area (TPSA) is 130 Å². The first kappa shape index (κ1) is 33.6. The third-order valence-corrected chi connectivity index (χ3v) is 7.67. The molecule has 0 aliphatic rings. The molecule has 1 atom stereocenters. The summed E-state index contributed by atoms with van der Waals surface area (Å²) in [6, 6.07) is 11.5. The van der Waals surface area contributed by atoms with Gasteiger partial charge in [-0.3, -0.25) is 0 Å². The van der Waals surface area contributed by atoms with Crippen LogP contribution in [0.3, 0.4) is 0 Å². The van der Waals surface area contributed by atoms with Crippen LogP contribution in [0.1, 0.15) is 31.8 Å². The van der Waals surface area contributed by atoms with E-state index in [1.54, 1.807) is 42.7 Å². The summed E-state index contributed by atoms with van der Waals surface area (Å²) in [4.78, 5) is 17.0. The van der Waals surface area contributed by atoms with E-state index in [2.05, 4.69) is 15.0 Å². The Morgan fingerprint density at radius 3 is 2.37 bits per heavy atom. The lowest BCUT2D eigenvalue weighted by molar-refractivity contribution is -0.377. The molecule has 0 saturated heterocycles. The number of carbonyl (C=O) groups excluding carboxylic acids is 1. The highest BCUT2D eigenvalue weighted by Crippen LogP contribution is 2.36. The Hall–Kier alpha value is -3.91. The number of phenols is 1. The van der Waals surface area contributed by atoms with Gasteiger partial charge in [0.1, 0.15) is 32.5 Å². The number of thiophene rings is 1. The van der Waals surface area contributed by atoms with Crippen molar-refractivity contribution in [3.8, 4) is 23.0 Å². The molecule has 15 heteroatoms. The van der Waals surface area contributed by atoms with Crippen molar-refractivity contribution in [2.75, 3.05) is 19.5 Å². The predicted octanol–water partition coefficient (Wildman–Crippen LogP) is 7.07. The van der Waals surface area contributed by atoms with E-state index in [1.165, 1.54) is 14.2 Å². The minimum absolute atomic E-state index is 0. The highest BCUT2D eigenvalue weighted by molar-refractivity contribution is 7.13. The Labute approximate surface area is 258 Å². The SMILES string of the molecule is COc1ccc([C@H](Cc2c(Cl)c[nH+]cc2Cl)OC(=O)c2ccc(CNc3cc(OC(F)(F)F)ccc3O)s2)cc1OC.[OH-]. The number of nitrogens with one attached hydrogen (secondary N) is 2. The van der Waals surface area contributed by atoms with Crippen LogP contribution in [0, 0.1) is 0 Å². The number of aromatic hydroxyl groups is 1. The van der Waals surface area contributed by atoms with Crippen molar-refractivity contribution in [2.24, 2.45) is 0 Å². The van der Waals surface area contributed by atoms with Gasteiger partial charge in [-0.1, -0.05) is 29.3 Å². The zero-order valence-corrected chi connectivity index (χ0v) is 24.8. The van der Waals surface area contributed by atoms with Gasteiger partial charge in [-0.25, -0.2) is 9.78 Å². The van der Waals surface area contributed by atoms with Crippen LogP contribution < -0.4 is 24.5 Å². The van der Waals surface area contributed by atoms with Crippen molar-refractivity contribution in [1.29, 1.82) is 0 Å². The molecule has 0 unspecified atom stereocenters. The van der Waals surface area contributed by atoms with Crippen LogP contribution in [0.4, 0.5) is 18.9 Å². The third kappa shape index (κ3) is 8.80. The summed E-state index contributed by atoms with van der Waals surface area (Å²) in [6.45, 7) is 0.103. The van der Waals surface area contributed by atoms with Gasteiger partial charge in [0, 0.05) is 29.5 Å². The van der Waals surface area contributed by atoms with Gasteiger partial charge in [-0.05, 0) is 42.0 Å². The maximum Gasteiger partial charge on any atom is 0.573 e. The second-order valence-corrected chi connectivity index (χ2v) is 10.7. The molecule has 2 aromatic heterocycles. The molecule has 0 aliphatic carbocycles. The van der Waals surface area contributed by atoms with Gasteiger partial charge in [0.15, 0.2) is 23.9 Å². The predicted molar refractivity (Wildman–Crippen MR) is 153 cm³/mol. The van der Waals surface area contributed by atoms with E-state index in [0.29, 0.717) is 37.5 Å². The summed E-state index contributed by atoms with van der Waals surface area (Å²) in [6.07, 6.45) is -2.40. The number of carbonyl (C=O) groups is 1. The molecule has 2 heterocycles. The Bertz CT molecular complexity index is 1550. The highest BCUT2D eigenvalue weighted by atomic mass is 35.5. The summed E-state index contributed by atoms with van der Waals surface area (Å²) in [7, 11) is 3.00. The summed E-state index contributed by atoms with van der Waals surface area (Å²) >= 11 is 13.9. The van der Waals surface area contributed by atoms with Gasteiger partial charge in [0.25, 0.3) is 0 Å². The number of aromatic amines is 1. The number of hydrogen-bond donors (Lipinski definition) is 2. The second kappa shape index (κ2) is 14.5. The van der Waals surface area contributed by atoms with Crippen LogP contribution in [-0.2, 0) is 17.7 Å². The minimum Gasteiger partial charge on any atom is -0.870 e. The Morgan fingerprint density at radius 2 is 1.72 bits per heavy atom. The number of H-pyrrole nitrogens is 1. The fourth-order valence-corrected chi connectivity index (χ4v) is 5.31. The summed E-state index contributed by atoms with van der Waals surface area (Å²) in [5, 5.41) is 13.6. The third-order valence-electron chi connectivity index (χ3n) is 5.93. The van der Waals surface area contributed by atoms with Crippen molar-refractivity contribution in [3.05, 3.63) is 91.9 Å². The number of ether oxygens (including phenoxy) is 4. The number of rotatable bonds is 11. The fourth-order valence-electron chi connectivity index (χ4n) is 3.94. The molecule has 0 saturated carbocycles. The molecular weight excluding hydrogens is 636 g/mol. The molecule has 0 amide bonds. The number of halogens is 5. The van der Waals surface area contributed by atoms with E-state index in [1.807, 2.05) is 0 Å². The zero-order chi connectivity index (χ0) is 30.4. The number of pyridine rings is 1. The van der Waals surface area contributed by atoms with Crippen molar-refractivity contribution in [2.45, 2.75) is 25.4 Å². The van der Waals surface area contributed by atoms with Gasteiger partial charge >= 0.3 is 12.3 Å². The number of hydrogen-bond acceptors (Lipinski definition) is 9. The standard InChI is InChI=1S/C28H23Cl2F3N2O6S.H2O/c1-38-23-7-3-15(9-25(23)39-2)24(11-18-19(29)13-34-14-20(18)30)40-27(37)26-8-5-17(42-26)12-35-21-10-16(4-6-22(21)36)41-28(31,32)33;/h3-10,13-14,24,35-36H,11-12H2,1-2H3;1H2/t24-;/m0./s1. The van der Waals surface area contributed by atoms with E-state index in [9.17, 15) is 23.1 Å². The number of aromatic nitrogens is 1. The molecule has 4 N–H and O–H groups in total. The van der Waals surface area contributed by atoms with Crippen LogP contribution in [-0.4, -0.2) is 37.1 Å². The minimum atomic E-state index is -4.87. The fraction of sp³-hybridized carbons (Fsp3) is 0.214. The van der Waals surface area contributed by atoms with Gasteiger partial charge in [-0.15, -0.1) is 24.5 Å². The van der Waals surface area contributed by atoms with Crippen LogP contribution >= 0.6 is 34.5 Å². The van der Waals surface area contributed by atoms with Gasteiger partial charge in [0.05, 0.1) is 19.9 Å². The van der Waals surface area contributed by atoms with E-state index in [4.69, 9.17) is 37.4 Å². The number of alkyl halides is 3. The molecular formula is C28H25Cl2F3N2O7S. The average molecular weight is 661 g/mol. The first-order valence-electron chi connectivity index (χ1n) is 12.2. The van der Waals surface area contributed by atoms with Crippen LogP contribution in [0.25, 0.3) is 0 Å². The average Bonchev–Trinajstić information content (AvgIpc) is 3.43. The van der Waals surface area contributed by atoms with Crippen LogP contribution in [0.2, 0.25) is 10.0 Å². The van der Waals surface area contributed by atoms with Crippen molar-refractivity contribution in [3.63, 3.8) is 0 Å². The maximum absolute atomic E-state index is 13.3. The molecule has 0 aliphatic heterocycles. The normalized spacial score (nSPS) is 11.7. The number of phenolic OH excluding ortho intramolecular Hbond substituents is 1. The Morgan fingerprint density at radius 1 is 1.02 bits per heavy atom. The number of benzene rings is 2. The molecule has 9 nitrogen and oxygen atoms in total. The van der Waals surface area contributed by atoms with Gasteiger partial charge < -0.3 is 34.8 Å². The Kier molecular flexibility index (Phi) is 11.3. The van der Waals surface area contributed by atoms with Crippen LogP contribution in [0.5, 0.6) is 23.0 Å². The van der Waals surface area contributed by atoms with Crippen LogP contribution in [0.15, 0.2) is 60.9 Å². The lowest BCUT2D eigenvalue weighted by atomic mass is 10.0. The summed E-state index contributed by atoms with van der Waals surface area (Å²) in [5.74, 6) is -0.449. The van der Waals surface area contributed by atoms with Crippen molar-refractivity contribution >= 4 is 46.2 Å². The lowest BCUT2D eigenvalue weighted by Gasteiger charge is -2.20. The molecule has 0 radical (unpaired) electrons. The van der Waals surface area contributed by atoms with E-state index < -0.39 is 24.2 Å². The molecule has 43 heavy (non-hydrogen) atoms. The molecule has 0 spiro atoms. The lowest BCUT2D eigenvalue weighted by Crippen LogP contribution is -2.17.